The summed E-state index contributed by atoms with van der Waals surface area (Å²) in [5.41, 5.74) is 4.39. The zero-order valence-electron chi connectivity index (χ0n) is 12.6. The summed E-state index contributed by atoms with van der Waals surface area (Å²) < 4.78 is 0. The topological polar surface area (TPSA) is 24.9 Å². The van der Waals surface area contributed by atoms with Gasteiger partial charge in [-0.15, -0.1) is 0 Å². The Hall–Kier alpha value is -3.13. The van der Waals surface area contributed by atoms with Gasteiger partial charge in [-0.2, -0.15) is 0 Å². The van der Waals surface area contributed by atoms with Crippen LogP contribution in [0.4, 0.5) is 0 Å². The van der Waals surface area contributed by atoms with Gasteiger partial charge < -0.3 is 5.32 Å². The average molecular weight is 296 g/mol. The first-order valence-electron chi connectivity index (χ1n) is 7.66. The summed E-state index contributed by atoms with van der Waals surface area (Å²) in [6.07, 6.45) is 11.9. The van der Waals surface area contributed by atoms with E-state index in [1.807, 2.05) is 48.8 Å². The van der Waals surface area contributed by atoms with Crippen LogP contribution in [0.15, 0.2) is 91.3 Å². The molecule has 2 aromatic carbocycles. The van der Waals surface area contributed by atoms with Gasteiger partial charge >= 0.3 is 0 Å². The second-order valence-electron chi connectivity index (χ2n) is 5.43. The fraction of sp³-hybridized carbons (Fsp3) is 0. The van der Waals surface area contributed by atoms with E-state index in [2.05, 4.69) is 52.8 Å². The Kier molecular flexibility index (Phi) is 3.49. The molecule has 0 saturated carbocycles. The van der Waals surface area contributed by atoms with E-state index in [9.17, 15) is 0 Å². The Morgan fingerprint density at radius 3 is 2.61 bits per heavy atom. The van der Waals surface area contributed by atoms with E-state index in [0.29, 0.717) is 0 Å². The molecule has 1 aliphatic heterocycles. The number of nitrogens with one attached hydrogen (secondary N) is 1. The highest BCUT2D eigenvalue weighted by molar-refractivity contribution is 5.96. The fourth-order valence-corrected chi connectivity index (χ4v) is 2.80. The zero-order chi connectivity index (χ0) is 15.5. The highest BCUT2D eigenvalue weighted by Gasteiger charge is 2.08. The van der Waals surface area contributed by atoms with E-state index in [1.165, 1.54) is 5.39 Å². The van der Waals surface area contributed by atoms with Gasteiger partial charge in [0.05, 0.1) is 5.69 Å². The molecule has 1 aliphatic rings. The van der Waals surface area contributed by atoms with Gasteiger partial charge in [0.15, 0.2) is 0 Å². The fourth-order valence-electron chi connectivity index (χ4n) is 2.80. The van der Waals surface area contributed by atoms with Crippen molar-refractivity contribution in [1.82, 2.24) is 10.3 Å². The summed E-state index contributed by atoms with van der Waals surface area (Å²) in [7, 11) is 0. The van der Waals surface area contributed by atoms with Gasteiger partial charge in [0.1, 0.15) is 0 Å². The molecule has 110 valence electrons. The van der Waals surface area contributed by atoms with Crippen molar-refractivity contribution in [3.05, 3.63) is 96.9 Å². The number of pyridine rings is 1. The molecule has 3 aromatic rings. The molecule has 0 unspecified atom stereocenters. The first kappa shape index (κ1) is 13.5. The van der Waals surface area contributed by atoms with E-state index < -0.39 is 0 Å². The highest BCUT2D eigenvalue weighted by atomic mass is 14.8. The molecule has 0 amide bonds. The summed E-state index contributed by atoms with van der Waals surface area (Å²) in [5.74, 6) is 0. The Balaban J connectivity index is 1.89. The van der Waals surface area contributed by atoms with Crippen LogP contribution in [0, 0.1) is 0 Å². The van der Waals surface area contributed by atoms with Crippen LogP contribution in [0.25, 0.3) is 27.7 Å². The van der Waals surface area contributed by atoms with Gasteiger partial charge in [-0.05, 0) is 35.2 Å². The van der Waals surface area contributed by atoms with E-state index in [4.69, 9.17) is 0 Å². The molecule has 1 N–H and O–H groups in total. The maximum Gasteiger partial charge on any atom is 0.0780 e. The molecule has 0 aliphatic carbocycles. The standard InChI is InChI=1S/C21H16N2/c1-3-7-17(8-4-1)21-19-15-18(11-10-16(19)12-14-23-21)20-9-5-2-6-13-22-20/h1-15,22H. The minimum absolute atomic E-state index is 1.02. The molecule has 0 atom stereocenters. The lowest BCUT2D eigenvalue weighted by molar-refractivity contribution is 1.22. The van der Waals surface area contributed by atoms with Crippen molar-refractivity contribution < 1.29 is 0 Å². The zero-order valence-corrected chi connectivity index (χ0v) is 12.6. The lowest BCUT2D eigenvalue weighted by Gasteiger charge is -2.10. The maximum atomic E-state index is 4.61. The number of allylic oxidation sites excluding steroid dienone is 4. The quantitative estimate of drug-likeness (QED) is 0.726. The molecular weight excluding hydrogens is 280 g/mol. The third kappa shape index (κ3) is 2.67. The van der Waals surface area contributed by atoms with Crippen molar-refractivity contribution in [1.29, 1.82) is 0 Å². The second-order valence-corrected chi connectivity index (χ2v) is 5.43. The van der Waals surface area contributed by atoms with Gasteiger partial charge in [-0.3, -0.25) is 4.98 Å². The van der Waals surface area contributed by atoms with Crippen molar-refractivity contribution in [2.24, 2.45) is 0 Å². The molecule has 2 heterocycles. The Morgan fingerprint density at radius 2 is 1.70 bits per heavy atom. The maximum absolute atomic E-state index is 4.61. The van der Waals surface area contributed by atoms with E-state index in [0.717, 1.165) is 27.9 Å². The first-order valence-corrected chi connectivity index (χ1v) is 7.66. The number of hydrogen-bond acceptors (Lipinski definition) is 2. The molecule has 23 heavy (non-hydrogen) atoms. The number of hydrogen-bond donors (Lipinski definition) is 1. The van der Waals surface area contributed by atoms with Gasteiger partial charge in [-0.25, -0.2) is 0 Å². The normalized spacial score (nSPS) is 13.5. The molecule has 0 fully saturated rings. The largest absolute Gasteiger partial charge is 0.361 e. The number of fused-ring (bicyclic) bond motifs is 1. The third-order valence-electron chi connectivity index (χ3n) is 3.94. The molecular formula is C21H16N2. The van der Waals surface area contributed by atoms with Crippen molar-refractivity contribution in [2.75, 3.05) is 0 Å². The smallest absolute Gasteiger partial charge is 0.0780 e. The van der Waals surface area contributed by atoms with E-state index in [-0.39, 0.29) is 0 Å². The lowest BCUT2D eigenvalue weighted by atomic mass is 10.0. The van der Waals surface area contributed by atoms with Crippen LogP contribution in [-0.4, -0.2) is 4.98 Å². The highest BCUT2D eigenvalue weighted by Crippen LogP contribution is 2.28. The van der Waals surface area contributed by atoms with Crippen LogP contribution in [0.5, 0.6) is 0 Å². The van der Waals surface area contributed by atoms with E-state index >= 15 is 0 Å². The Labute approximate surface area is 135 Å². The molecule has 2 nitrogen and oxygen atoms in total. The first-order chi connectivity index (χ1) is 11.4. The van der Waals surface area contributed by atoms with Gasteiger partial charge in [0, 0.05) is 29.0 Å². The molecule has 0 saturated heterocycles. The summed E-state index contributed by atoms with van der Waals surface area (Å²) in [5, 5.41) is 5.68. The Morgan fingerprint density at radius 1 is 0.783 bits per heavy atom. The van der Waals surface area contributed by atoms with Crippen LogP contribution < -0.4 is 5.32 Å². The van der Waals surface area contributed by atoms with Gasteiger partial charge in [-0.1, -0.05) is 54.6 Å². The minimum Gasteiger partial charge on any atom is -0.361 e. The van der Waals surface area contributed by atoms with Crippen molar-refractivity contribution in [3.8, 4) is 11.3 Å². The number of nitrogens with zero attached hydrogens (tertiary/aromatic N) is 1. The number of aromatic nitrogens is 1. The number of benzene rings is 2. The molecule has 0 bridgehead atoms. The van der Waals surface area contributed by atoms with Crippen LogP contribution in [0.3, 0.4) is 0 Å². The summed E-state index contributed by atoms with van der Waals surface area (Å²) in [6.45, 7) is 0. The molecule has 0 spiro atoms. The SMILES string of the molecule is C1=CC=C(c2ccc3ccnc(-c4ccccc4)c3c2)NC=C1. The lowest BCUT2D eigenvalue weighted by Crippen LogP contribution is -2.02. The van der Waals surface area contributed by atoms with E-state index in [1.54, 1.807) is 0 Å². The average Bonchev–Trinajstić information content (AvgIpc) is 2.91. The van der Waals surface area contributed by atoms with Crippen molar-refractivity contribution >= 4 is 16.5 Å². The van der Waals surface area contributed by atoms with Crippen LogP contribution in [0.2, 0.25) is 0 Å². The van der Waals surface area contributed by atoms with Gasteiger partial charge in [0.25, 0.3) is 0 Å². The predicted octanol–water partition coefficient (Wildman–Crippen LogP) is 4.92. The van der Waals surface area contributed by atoms with Gasteiger partial charge in [0.2, 0.25) is 0 Å². The van der Waals surface area contributed by atoms with Crippen LogP contribution in [0.1, 0.15) is 5.56 Å². The minimum atomic E-state index is 1.02. The summed E-state index contributed by atoms with van der Waals surface area (Å²) in [4.78, 5) is 4.61. The second kappa shape index (κ2) is 5.93. The predicted molar refractivity (Wildman–Crippen MR) is 96.6 cm³/mol. The van der Waals surface area contributed by atoms with Crippen LogP contribution >= 0.6 is 0 Å². The van der Waals surface area contributed by atoms with Crippen LogP contribution in [-0.2, 0) is 0 Å². The monoisotopic (exact) mass is 296 g/mol. The van der Waals surface area contributed by atoms with Crippen molar-refractivity contribution in [2.45, 2.75) is 0 Å². The molecule has 2 heteroatoms. The number of rotatable bonds is 2. The molecule has 0 radical (unpaired) electrons. The Bertz CT molecular complexity index is 934. The summed E-state index contributed by atoms with van der Waals surface area (Å²) in [6, 6.07) is 18.9. The molecule has 1 aromatic heterocycles. The molecule has 4 rings (SSSR count). The van der Waals surface area contributed by atoms with Crippen molar-refractivity contribution in [3.63, 3.8) is 0 Å². The third-order valence-corrected chi connectivity index (χ3v) is 3.94. The summed E-state index contributed by atoms with van der Waals surface area (Å²) >= 11 is 0.